The van der Waals surface area contributed by atoms with Gasteiger partial charge in [-0.25, -0.2) is 0 Å². The summed E-state index contributed by atoms with van der Waals surface area (Å²) >= 11 is 0. The summed E-state index contributed by atoms with van der Waals surface area (Å²) in [6.07, 6.45) is 17.6. The summed E-state index contributed by atoms with van der Waals surface area (Å²) in [5, 5.41) is 13.6. The van der Waals surface area contributed by atoms with Gasteiger partial charge in [-0.2, -0.15) is 0 Å². The molecule has 0 saturated heterocycles. The molecule has 2 aliphatic rings. The fourth-order valence-corrected chi connectivity index (χ4v) is 5.08. The molecule has 0 bridgehead atoms. The Balaban J connectivity index is 1.25. The maximum absolute atomic E-state index is 11.8. The molecule has 4 atom stereocenters. The number of hydrogen-bond donors (Lipinski definition) is 2. The average molecular weight is 426 g/mol. The third-order valence-electron chi connectivity index (χ3n) is 7.30. The fraction of sp³-hybridized carbons (Fsp3) is 0.679. The van der Waals surface area contributed by atoms with E-state index in [0.29, 0.717) is 24.2 Å². The highest BCUT2D eigenvalue weighted by molar-refractivity contribution is 5.75. The maximum Gasteiger partial charge on any atom is 0.220 e. The number of carbonyl (C=O) groups is 1. The molecule has 2 N–H and O–H groups in total. The van der Waals surface area contributed by atoms with Gasteiger partial charge >= 0.3 is 0 Å². The number of aryl methyl sites for hydroxylation is 1. The SMILES string of the molecule is CC(CC(O)CCc1ccccc1)C1CC=CC1CCCCCCC(=O)NCC1CC1. The first-order valence-electron chi connectivity index (χ1n) is 12.8. The van der Waals surface area contributed by atoms with Crippen LogP contribution in [0.4, 0.5) is 0 Å². The van der Waals surface area contributed by atoms with E-state index in [1.165, 1.54) is 44.1 Å². The number of aliphatic hydroxyl groups excluding tert-OH is 1. The molecule has 3 heteroatoms. The largest absolute Gasteiger partial charge is 0.393 e. The first kappa shape index (κ1) is 24.0. The molecule has 0 aliphatic heterocycles. The molecular weight excluding hydrogens is 382 g/mol. The van der Waals surface area contributed by atoms with E-state index in [0.717, 1.165) is 44.6 Å². The number of aliphatic hydroxyl groups is 1. The summed E-state index contributed by atoms with van der Waals surface area (Å²) in [7, 11) is 0. The number of hydrogen-bond acceptors (Lipinski definition) is 2. The highest BCUT2D eigenvalue weighted by atomic mass is 16.3. The van der Waals surface area contributed by atoms with E-state index >= 15 is 0 Å². The Morgan fingerprint density at radius 2 is 1.90 bits per heavy atom. The van der Waals surface area contributed by atoms with Crippen molar-refractivity contribution in [1.82, 2.24) is 5.32 Å². The molecule has 0 heterocycles. The second-order valence-corrected chi connectivity index (χ2v) is 10.1. The van der Waals surface area contributed by atoms with Crippen LogP contribution in [0.3, 0.4) is 0 Å². The van der Waals surface area contributed by atoms with Gasteiger partial charge in [-0.3, -0.25) is 4.79 Å². The molecule has 0 radical (unpaired) electrons. The number of nitrogens with one attached hydrogen (secondary N) is 1. The standard InChI is InChI=1S/C28H43NO2/c1-22(20-26(30)19-18-23-10-5-4-6-11-23)27-14-9-13-25(27)12-7-2-3-8-15-28(31)29-21-24-16-17-24/h4-6,9-11,13,22,24-27,30H,2-3,7-8,12,14-21H2,1H3,(H,29,31). The molecule has 3 rings (SSSR count). The van der Waals surface area contributed by atoms with Gasteiger partial charge in [0.1, 0.15) is 0 Å². The number of benzene rings is 1. The van der Waals surface area contributed by atoms with Crippen molar-refractivity contribution in [2.45, 2.75) is 90.1 Å². The molecule has 2 aliphatic carbocycles. The van der Waals surface area contributed by atoms with Gasteiger partial charge in [-0.15, -0.1) is 0 Å². The van der Waals surface area contributed by atoms with Crippen molar-refractivity contribution in [2.24, 2.45) is 23.7 Å². The Labute approximate surface area is 189 Å². The molecule has 1 aromatic carbocycles. The summed E-state index contributed by atoms with van der Waals surface area (Å²) in [5.74, 6) is 2.91. The number of rotatable bonds is 15. The number of allylic oxidation sites excluding steroid dienone is 2. The lowest BCUT2D eigenvalue weighted by molar-refractivity contribution is -0.121. The topological polar surface area (TPSA) is 49.3 Å². The second-order valence-electron chi connectivity index (χ2n) is 10.1. The highest BCUT2D eigenvalue weighted by Gasteiger charge is 2.28. The first-order valence-corrected chi connectivity index (χ1v) is 12.8. The maximum atomic E-state index is 11.8. The van der Waals surface area contributed by atoms with Gasteiger partial charge in [0.05, 0.1) is 6.10 Å². The lowest BCUT2D eigenvalue weighted by Crippen LogP contribution is -2.25. The average Bonchev–Trinajstić information content (AvgIpc) is 3.49. The monoisotopic (exact) mass is 425 g/mol. The molecule has 31 heavy (non-hydrogen) atoms. The molecule has 1 aromatic rings. The van der Waals surface area contributed by atoms with Gasteiger partial charge in [-0.1, -0.05) is 68.7 Å². The van der Waals surface area contributed by atoms with Crippen LogP contribution in [-0.4, -0.2) is 23.7 Å². The number of carbonyl (C=O) groups excluding carboxylic acids is 1. The lowest BCUT2D eigenvalue weighted by Gasteiger charge is -2.27. The molecule has 1 saturated carbocycles. The predicted molar refractivity (Wildman–Crippen MR) is 129 cm³/mol. The number of unbranched alkanes of at least 4 members (excludes halogenated alkanes) is 3. The van der Waals surface area contributed by atoms with Crippen molar-refractivity contribution in [3.05, 3.63) is 48.0 Å². The smallest absolute Gasteiger partial charge is 0.220 e. The van der Waals surface area contributed by atoms with E-state index in [1.54, 1.807) is 0 Å². The molecule has 0 aromatic heterocycles. The summed E-state index contributed by atoms with van der Waals surface area (Å²) in [4.78, 5) is 11.8. The normalized spacial score (nSPS) is 22.4. The second kappa shape index (κ2) is 13.1. The van der Waals surface area contributed by atoms with Gasteiger partial charge < -0.3 is 10.4 Å². The van der Waals surface area contributed by atoms with Crippen molar-refractivity contribution in [2.75, 3.05) is 6.54 Å². The van der Waals surface area contributed by atoms with Gasteiger partial charge in [-0.05, 0) is 80.6 Å². The predicted octanol–water partition coefficient (Wildman–Crippen LogP) is 6.07. The van der Waals surface area contributed by atoms with Crippen LogP contribution in [-0.2, 0) is 11.2 Å². The molecule has 1 fully saturated rings. The zero-order valence-corrected chi connectivity index (χ0v) is 19.5. The first-order chi connectivity index (χ1) is 15.1. The lowest BCUT2D eigenvalue weighted by atomic mass is 9.79. The van der Waals surface area contributed by atoms with Crippen molar-refractivity contribution in [1.29, 1.82) is 0 Å². The van der Waals surface area contributed by atoms with E-state index in [2.05, 4.69) is 48.7 Å². The Bertz CT molecular complexity index is 667. The van der Waals surface area contributed by atoms with E-state index in [-0.39, 0.29) is 12.0 Å². The van der Waals surface area contributed by atoms with Crippen LogP contribution in [0, 0.1) is 23.7 Å². The van der Waals surface area contributed by atoms with Crippen LogP contribution in [0.25, 0.3) is 0 Å². The highest BCUT2D eigenvalue weighted by Crippen LogP contribution is 2.37. The molecule has 0 spiro atoms. The zero-order valence-electron chi connectivity index (χ0n) is 19.5. The summed E-state index contributed by atoms with van der Waals surface area (Å²) in [6, 6.07) is 10.5. The van der Waals surface area contributed by atoms with Crippen molar-refractivity contribution >= 4 is 5.91 Å². The van der Waals surface area contributed by atoms with Gasteiger partial charge in [0.15, 0.2) is 0 Å². The third kappa shape index (κ3) is 9.19. The van der Waals surface area contributed by atoms with Gasteiger partial charge in [0.2, 0.25) is 5.91 Å². The van der Waals surface area contributed by atoms with Crippen molar-refractivity contribution in [3.8, 4) is 0 Å². The molecule has 3 nitrogen and oxygen atoms in total. The van der Waals surface area contributed by atoms with Crippen LogP contribution in [0.1, 0.15) is 83.1 Å². The van der Waals surface area contributed by atoms with Crippen LogP contribution >= 0.6 is 0 Å². The van der Waals surface area contributed by atoms with Crippen molar-refractivity contribution in [3.63, 3.8) is 0 Å². The minimum atomic E-state index is -0.206. The zero-order chi connectivity index (χ0) is 21.9. The van der Waals surface area contributed by atoms with Gasteiger partial charge in [0, 0.05) is 13.0 Å². The van der Waals surface area contributed by atoms with Crippen LogP contribution < -0.4 is 5.32 Å². The summed E-state index contributed by atoms with van der Waals surface area (Å²) < 4.78 is 0. The molecule has 4 unspecified atom stereocenters. The quantitative estimate of drug-likeness (QED) is 0.265. The Morgan fingerprint density at radius 3 is 2.68 bits per heavy atom. The fourth-order valence-electron chi connectivity index (χ4n) is 5.08. The van der Waals surface area contributed by atoms with Crippen LogP contribution in [0.15, 0.2) is 42.5 Å². The Morgan fingerprint density at radius 1 is 1.13 bits per heavy atom. The number of amides is 1. The molecule has 1 amide bonds. The van der Waals surface area contributed by atoms with Gasteiger partial charge in [0.25, 0.3) is 0 Å². The molecular formula is C28H43NO2. The summed E-state index contributed by atoms with van der Waals surface area (Å²) in [6.45, 7) is 3.23. The Kier molecular flexibility index (Phi) is 10.1. The Hall–Kier alpha value is -1.61. The van der Waals surface area contributed by atoms with E-state index in [9.17, 15) is 9.90 Å². The minimum Gasteiger partial charge on any atom is -0.393 e. The third-order valence-corrected chi connectivity index (χ3v) is 7.30. The molecule has 172 valence electrons. The minimum absolute atomic E-state index is 0.206. The van der Waals surface area contributed by atoms with Crippen LogP contribution in [0.2, 0.25) is 0 Å². The summed E-state index contributed by atoms with van der Waals surface area (Å²) in [5.41, 5.74) is 1.31. The van der Waals surface area contributed by atoms with Crippen LogP contribution in [0.5, 0.6) is 0 Å². The van der Waals surface area contributed by atoms with Crippen molar-refractivity contribution < 1.29 is 9.90 Å². The van der Waals surface area contributed by atoms with E-state index in [1.807, 2.05) is 6.07 Å². The van der Waals surface area contributed by atoms with E-state index in [4.69, 9.17) is 0 Å². The van der Waals surface area contributed by atoms with E-state index < -0.39 is 0 Å².